The molecule has 0 bridgehead atoms. The zero-order valence-electron chi connectivity index (χ0n) is 11.1. The predicted octanol–water partition coefficient (Wildman–Crippen LogP) is 5.34. The summed E-state index contributed by atoms with van der Waals surface area (Å²) in [4.78, 5) is 12.4. The highest BCUT2D eigenvalue weighted by atomic mass is 79.9. The molecule has 0 aliphatic rings. The molecule has 2 nitrogen and oxygen atoms in total. The van der Waals surface area contributed by atoms with E-state index in [2.05, 4.69) is 37.2 Å². The van der Waals surface area contributed by atoms with Crippen LogP contribution >= 0.6 is 31.9 Å². The summed E-state index contributed by atoms with van der Waals surface area (Å²) in [5, 5.41) is 2.98. The lowest BCUT2D eigenvalue weighted by Gasteiger charge is -2.16. The van der Waals surface area contributed by atoms with Gasteiger partial charge in [0.2, 0.25) is 5.91 Å². The van der Waals surface area contributed by atoms with Gasteiger partial charge in [0.25, 0.3) is 0 Å². The van der Waals surface area contributed by atoms with E-state index in [4.69, 9.17) is 0 Å². The van der Waals surface area contributed by atoms with Crippen molar-refractivity contribution in [1.82, 2.24) is 0 Å². The van der Waals surface area contributed by atoms with Crippen LogP contribution in [0.5, 0.6) is 0 Å². The fraction of sp³-hybridized carbons (Fsp3) is 0.188. The van der Waals surface area contributed by atoms with Gasteiger partial charge in [-0.15, -0.1) is 0 Å². The highest BCUT2D eigenvalue weighted by molar-refractivity contribution is 9.11. The first-order chi connectivity index (χ1) is 9.61. The van der Waals surface area contributed by atoms with Gasteiger partial charge < -0.3 is 5.32 Å². The van der Waals surface area contributed by atoms with Gasteiger partial charge in [-0.1, -0.05) is 53.2 Å². The van der Waals surface area contributed by atoms with Crippen molar-refractivity contribution in [3.05, 3.63) is 63.0 Å². The molecule has 1 amide bonds. The number of carbonyl (C=O) groups excluding carboxylic acids is 1. The maximum atomic E-state index is 12.4. The average molecular weight is 397 g/mol. The molecule has 4 heteroatoms. The van der Waals surface area contributed by atoms with Gasteiger partial charge in [-0.3, -0.25) is 4.79 Å². The molecule has 0 fully saturated rings. The Labute approximate surface area is 135 Å². The quantitative estimate of drug-likeness (QED) is 0.741. The van der Waals surface area contributed by atoms with Gasteiger partial charge in [-0.05, 0) is 46.1 Å². The number of carbonyl (C=O) groups is 1. The molecule has 20 heavy (non-hydrogen) atoms. The fourth-order valence-corrected chi connectivity index (χ4v) is 3.21. The molecule has 104 valence electrons. The van der Waals surface area contributed by atoms with E-state index in [1.165, 1.54) is 0 Å². The summed E-state index contributed by atoms with van der Waals surface area (Å²) in [5.74, 6) is -0.117. The minimum Gasteiger partial charge on any atom is -0.325 e. The van der Waals surface area contributed by atoms with E-state index in [1.54, 1.807) is 0 Å². The third-order valence-corrected chi connectivity index (χ3v) is 4.27. The highest BCUT2D eigenvalue weighted by Gasteiger charge is 2.19. The summed E-state index contributed by atoms with van der Waals surface area (Å²) < 4.78 is 1.83. The first kappa shape index (κ1) is 15.3. The summed E-state index contributed by atoms with van der Waals surface area (Å²) in [7, 11) is 0. The standard InChI is InChI=1S/C16H15Br2NO/c1-2-13(11-6-4-3-5-7-11)16(20)19-15-9-8-12(17)10-14(15)18/h3-10,13H,2H2,1H3,(H,19,20)/t13-/m0/s1. The minimum atomic E-state index is -0.133. The third-order valence-electron chi connectivity index (χ3n) is 3.12. The molecule has 2 aromatic rings. The lowest BCUT2D eigenvalue weighted by atomic mass is 9.95. The predicted molar refractivity (Wildman–Crippen MR) is 89.9 cm³/mol. The number of halogens is 2. The fourth-order valence-electron chi connectivity index (χ4n) is 2.07. The van der Waals surface area contributed by atoms with Crippen molar-refractivity contribution in [3.63, 3.8) is 0 Å². The number of amides is 1. The normalized spacial score (nSPS) is 11.9. The van der Waals surface area contributed by atoms with Crippen molar-refractivity contribution in [3.8, 4) is 0 Å². The van der Waals surface area contributed by atoms with Crippen LogP contribution in [0.2, 0.25) is 0 Å². The molecule has 0 aliphatic carbocycles. The molecule has 0 saturated heterocycles. The first-order valence-corrected chi connectivity index (χ1v) is 8.01. The Balaban J connectivity index is 2.18. The Morgan fingerprint density at radius 3 is 2.45 bits per heavy atom. The Kier molecular flexibility index (Phi) is 5.38. The zero-order chi connectivity index (χ0) is 14.5. The van der Waals surface area contributed by atoms with Crippen LogP contribution < -0.4 is 5.32 Å². The van der Waals surface area contributed by atoms with Crippen molar-refractivity contribution in [2.75, 3.05) is 5.32 Å². The van der Waals surface area contributed by atoms with Crippen molar-refractivity contribution < 1.29 is 4.79 Å². The largest absolute Gasteiger partial charge is 0.325 e. The number of hydrogen-bond donors (Lipinski definition) is 1. The molecule has 1 atom stereocenters. The molecule has 0 unspecified atom stereocenters. The van der Waals surface area contributed by atoms with Gasteiger partial charge in [0.05, 0.1) is 11.6 Å². The second-order valence-electron chi connectivity index (χ2n) is 4.48. The number of benzene rings is 2. The molecule has 0 aliphatic heterocycles. The first-order valence-electron chi connectivity index (χ1n) is 6.42. The van der Waals surface area contributed by atoms with E-state index in [1.807, 2.05) is 55.5 Å². The molecule has 0 radical (unpaired) electrons. The number of rotatable bonds is 4. The van der Waals surface area contributed by atoms with Gasteiger partial charge in [0.15, 0.2) is 0 Å². The summed E-state index contributed by atoms with van der Waals surface area (Å²) >= 11 is 6.86. The van der Waals surface area contributed by atoms with Crippen molar-refractivity contribution >= 4 is 43.5 Å². The maximum absolute atomic E-state index is 12.4. The van der Waals surface area contributed by atoms with E-state index in [0.717, 1.165) is 26.6 Å². The Morgan fingerprint density at radius 1 is 1.15 bits per heavy atom. The SMILES string of the molecule is CC[C@H](C(=O)Nc1ccc(Br)cc1Br)c1ccccc1. The molecule has 0 aromatic heterocycles. The average Bonchev–Trinajstić information content (AvgIpc) is 2.44. The zero-order valence-corrected chi connectivity index (χ0v) is 14.2. The van der Waals surface area contributed by atoms with Gasteiger partial charge in [0, 0.05) is 8.95 Å². The van der Waals surface area contributed by atoms with Crippen LogP contribution in [0.4, 0.5) is 5.69 Å². The van der Waals surface area contributed by atoms with Crippen molar-refractivity contribution in [1.29, 1.82) is 0 Å². The summed E-state index contributed by atoms with van der Waals surface area (Å²) in [6.07, 6.45) is 0.768. The molecule has 1 N–H and O–H groups in total. The topological polar surface area (TPSA) is 29.1 Å². The number of anilines is 1. The lowest BCUT2D eigenvalue weighted by molar-refractivity contribution is -0.117. The van der Waals surface area contributed by atoms with Crippen LogP contribution in [0.1, 0.15) is 24.8 Å². The van der Waals surface area contributed by atoms with E-state index in [9.17, 15) is 4.79 Å². The van der Waals surface area contributed by atoms with Crippen LogP contribution in [0.15, 0.2) is 57.5 Å². The maximum Gasteiger partial charge on any atom is 0.231 e. The molecule has 0 spiro atoms. The molecular weight excluding hydrogens is 382 g/mol. The molecule has 2 rings (SSSR count). The molecule has 0 saturated carbocycles. The number of nitrogens with one attached hydrogen (secondary N) is 1. The lowest BCUT2D eigenvalue weighted by Crippen LogP contribution is -2.20. The summed E-state index contributed by atoms with van der Waals surface area (Å²) in [6, 6.07) is 15.6. The molecule has 0 heterocycles. The second kappa shape index (κ2) is 7.04. The van der Waals surface area contributed by atoms with Crippen LogP contribution in [0.3, 0.4) is 0 Å². The van der Waals surface area contributed by atoms with Gasteiger partial charge in [-0.25, -0.2) is 0 Å². The third kappa shape index (κ3) is 3.70. The van der Waals surface area contributed by atoms with E-state index in [-0.39, 0.29) is 11.8 Å². The Hall–Kier alpha value is -1.13. The minimum absolute atomic E-state index is 0.0155. The highest BCUT2D eigenvalue weighted by Crippen LogP contribution is 2.28. The van der Waals surface area contributed by atoms with Crippen LogP contribution in [-0.2, 0) is 4.79 Å². The van der Waals surface area contributed by atoms with Gasteiger partial charge in [0.1, 0.15) is 0 Å². The number of hydrogen-bond acceptors (Lipinski definition) is 1. The van der Waals surface area contributed by atoms with Crippen LogP contribution in [-0.4, -0.2) is 5.91 Å². The summed E-state index contributed by atoms with van der Waals surface area (Å²) in [6.45, 7) is 2.02. The van der Waals surface area contributed by atoms with E-state index < -0.39 is 0 Å². The Morgan fingerprint density at radius 2 is 1.85 bits per heavy atom. The monoisotopic (exact) mass is 395 g/mol. The summed E-state index contributed by atoms with van der Waals surface area (Å²) in [5.41, 5.74) is 1.83. The van der Waals surface area contributed by atoms with E-state index in [0.29, 0.717) is 0 Å². The van der Waals surface area contributed by atoms with Gasteiger partial charge in [-0.2, -0.15) is 0 Å². The van der Waals surface area contributed by atoms with Crippen LogP contribution in [0.25, 0.3) is 0 Å². The smallest absolute Gasteiger partial charge is 0.231 e. The van der Waals surface area contributed by atoms with Crippen LogP contribution in [0, 0.1) is 0 Å². The van der Waals surface area contributed by atoms with E-state index >= 15 is 0 Å². The van der Waals surface area contributed by atoms with Crippen molar-refractivity contribution in [2.45, 2.75) is 19.3 Å². The molecular formula is C16H15Br2NO. The second-order valence-corrected chi connectivity index (χ2v) is 6.25. The molecule has 2 aromatic carbocycles. The van der Waals surface area contributed by atoms with Crippen molar-refractivity contribution in [2.24, 2.45) is 0 Å². The van der Waals surface area contributed by atoms with Gasteiger partial charge >= 0.3 is 0 Å². The Bertz CT molecular complexity index is 599.